The molecule has 0 bridgehead atoms. The minimum Gasteiger partial charge on any atom is -0.457 e. The number of hydrogen-bond acceptors (Lipinski definition) is 3. The summed E-state index contributed by atoms with van der Waals surface area (Å²) in [7, 11) is 0. The Bertz CT molecular complexity index is 1120. The zero-order valence-electron chi connectivity index (χ0n) is 19.3. The Hall–Kier alpha value is -3.46. The maximum absolute atomic E-state index is 6.25. The summed E-state index contributed by atoms with van der Waals surface area (Å²) in [6.45, 7) is 8.50. The molecule has 0 atom stereocenters. The van der Waals surface area contributed by atoms with Crippen molar-refractivity contribution in [2.75, 3.05) is 0 Å². The molecule has 3 nitrogen and oxygen atoms in total. The Morgan fingerprint density at radius 1 is 0.562 bits per heavy atom. The van der Waals surface area contributed by atoms with E-state index in [2.05, 4.69) is 64.1 Å². The highest BCUT2D eigenvalue weighted by Crippen LogP contribution is 2.60. The van der Waals surface area contributed by atoms with Crippen molar-refractivity contribution in [2.45, 2.75) is 46.0 Å². The van der Waals surface area contributed by atoms with Gasteiger partial charge < -0.3 is 4.74 Å². The SMILES string of the molecule is CCC.CCC.c1ccc2c(c1)Oc1ccccc1C21c2cccnc2-c2ncccc21. The second-order valence-corrected chi connectivity index (χ2v) is 8.06. The van der Waals surface area contributed by atoms with Gasteiger partial charge >= 0.3 is 0 Å². The summed E-state index contributed by atoms with van der Waals surface area (Å²) in [6, 6.07) is 24.9. The van der Waals surface area contributed by atoms with E-state index in [4.69, 9.17) is 14.7 Å². The molecule has 32 heavy (non-hydrogen) atoms. The quantitative estimate of drug-likeness (QED) is 0.251. The molecule has 0 saturated heterocycles. The molecule has 0 saturated carbocycles. The van der Waals surface area contributed by atoms with Gasteiger partial charge in [0.15, 0.2) is 0 Å². The molecule has 3 heterocycles. The van der Waals surface area contributed by atoms with Crippen molar-refractivity contribution in [2.24, 2.45) is 0 Å². The van der Waals surface area contributed by atoms with Gasteiger partial charge in [0, 0.05) is 23.5 Å². The van der Waals surface area contributed by atoms with Gasteiger partial charge in [-0.3, -0.25) is 9.97 Å². The van der Waals surface area contributed by atoms with Crippen LogP contribution in [-0.4, -0.2) is 9.97 Å². The molecular weight excluding hydrogens is 392 g/mol. The van der Waals surface area contributed by atoms with Crippen LogP contribution in [0.15, 0.2) is 85.2 Å². The zero-order valence-corrected chi connectivity index (χ0v) is 19.3. The average Bonchev–Trinajstić information content (AvgIpc) is 3.12. The fraction of sp³-hybridized carbons (Fsp3) is 0.241. The molecule has 0 N–H and O–H groups in total. The summed E-state index contributed by atoms with van der Waals surface area (Å²) in [5.74, 6) is 1.77. The lowest BCUT2D eigenvalue weighted by Crippen LogP contribution is -2.32. The van der Waals surface area contributed by atoms with Gasteiger partial charge in [-0.25, -0.2) is 0 Å². The van der Waals surface area contributed by atoms with Crippen molar-refractivity contribution in [1.29, 1.82) is 0 Å². The predicted molar refractivity (Wildman–Crippen MR) is 131 cm³/mol. The Morgan fingerprint density at radius 2 is 0.938 bits per heavy atom. The van der Waals surface area contributed by atoms with Crippen LogP contribution in [0.25, 0.3) is 11.4 Å². The summed E-state index contributed by atoms with van der Waals surface area (Å²) in [6.07, 6.45) is 6.18. The van der Waals surface area contributed by atoms with Crippen LogP contribution in [0.5, 0.6) is 11.5 Å². The minimum absolute atomic E-state index is 0.446. The molecular formula is C29H30N2O. The van der Waals surface area contributed by atoms with Gasteiger partial charge in [-0.1, -0.05) is 89.1 Å². The van der Waals surface area contributed by atoms with E-state index in [1.807, 2.05) is 48.8 Å². The van der Waals surface area contributed by atoms with E-state index < -0.39 is 5.41 Å². The molecule has 6 rings (SSSR count). The Kier molecular flexibility index (Phi) is 6.36. The van der Waals surface area contributed by atoms with E-state index in [1.54, 1.807) is 0 Å². The Morgan fingerprint density at radius 3 is 1.38 bits per heavy atom. The Balaban J connectivity index is 0.000000371. The number of aromatic nitrogens is 2. The first-order valence-electron chi connectivity index (χ1n) is 11.5. The molecule has 0 unspecified atom stereocenters. The first-order chi connectivity index (χ1) is 15.7. The highest BCUT2D eigenvalue weighted by Gasteiger charge is 2.52. The number of rotatable bonds is 0. The minimum atomic E-state index is -0.446. The molecule has 162 valence electrons. The van der Waals surface area contributed by atoms with Crippen molar-refractivity contribution in [3.05, 3.63) is 107 Å². The van der Waals surface area contributed by atoms with E-state index in [1.165, 1.54) is 12.8 Å². The van der Waals surface area contributed by atoms with E-state index in [9.17, 15) is 0 Å². The van der Waals surface area contributed by atoms with Crippen LogP contribution >= 0.6 is 0 Å². The van der Waals surface area contributed by atoms with Gasteiger partial charge in [-0.15, -0.1) is 0 Å². The van der Waals surface area contributed by atoms with E-state index in [-0.39, 0.29) is 0 Å². The molecule has 1 aliphatic carbocycles. The summed E-state index contributed by atoms with van der Waals surface area (Å²) in [4.78, 5) is 9.39. The molecule has 2 aromatic carbocycles. The number of hydrogen-bond donors (Lipinski definition) is 0. The third kappa shape index (κ3) is 3.29. The van der Waals surface area contributed by atoms with E-state index in [0.717, 1.165) is 45.1 Å². The third-order valence-electron chi connectivity index (χ3n) is 5.45. The summed E-state index contributed by atoms with van der Waals surface area (Å²) in [5.41, 5.74) is 6.07. The fourth-order valence-corrected chi connectivity index (χ4v) is 4.51. The van der Waals surface area contributed by atoms with Gasteiger partial charge in [0.1, 0.15) is 11.5 Å². The third-order valence-corrected chi connectivity index (χ3v) is 5.45. The number of fused-ring (bicyclic) bond motifs is 9. The highest BCUT2D eigenvalue weighted by molar-refractivity contribution is 5.84. The summed E-state index contributed by atoms with van der Waals surface area (Å²) < 4.78 is 6.25. The number of ether oxygens (including phenoxy) is 1. The van der Waals surface area contributed by atoms with Gasteiger partial charge in [0.05, 0.1) is 16.8 Å². The predicted octanol–water partition coefficient (Wildman–Crippen LogP) is 7.78. The van der Waals surface area contributed by atoms with E-state index in [0.29, 0.717) is 0 Å². The van der Waals surface area contributed by atoms with Gasteiger partial charge in [0.2, 0.25) is 0 Å². The first kappa shape index (κ1) is 21.8. The van der Waals surface area contributed by atoms with Gasteiger partial charge in [-0.2, -0.15) is 0 Å². The van der Waals surface area contributed by atoms with Gasteiger partial charge in [0.25, 0.3) is 0 Å². The zero-order chi connectivity index (χ0) is 22.6. The highest BCUT2D eigenvalue weighted by atomic mass is 16.5. The summed E-state index contributed by atoms with van der Waals surface area (Å²) >= 11 is 0. The van der Waals surface area contributed by atoms with Crippen LogP contribution in [0, 0.1) is 0 Å². The molecule has 1 spiro atoms. The monoisotopic (exact) mass is 422 g/mol. The van der Waals surface area contributed by atoms with Crippen LogP contribution in [0.2, 0.25) is 0 Å². The summed E-state index contributed by atoms with van der Waals surface area (Å²) in [5, 5.41) is 0. The van der Waals surface area contributed by atoms with Crippen molar-refractivity contribution in [3.63, 3.8) is 0 Å². The number of para-hydroxylation sites is 2. The average molecular weight is 423 g/mol. The molecule has 2 aliphatic rings. The molecule has 0 fully saturated rings. The van der Waals surface area contributed by atoms with Crippen molar-refractivity contribution < 1.29 is 4.74 Å². The molecule has 3 heteroatoms. The van der Waals surface area contributed by atoms with Crippen molar-refractivity contribution in [3.8, 4) is 22.9 Å². The van der Waals surface area contributed by atoms with Crippen molar-refractivity contribution in [1.82, 2.24) is 9.97 Å². The van der Waals surface area contributed by atoms with Crippen LogP contribution in [-0.2, 0) is 5.41 Å². The Labute approximate surface area is 191 Å². The maximum atomic E-state index is 6.25. The van der Waals surface area contributed by atoms with Crippen LogP contribution in [0.4, 0.5) is 0 Å². The molecule has 2 aromatic heterocycles. The largest absolute Gasteiger partial charge is 0.457 e. The molecule has 0 amide bonds. The lowest BCUT2D eigenvalue weighted by molar-refractivity contribution is 0.436. The lowest BCUT2D eigenvalue weighted by atomic mass is 9.66. The smallest absolute Gasteiger partial charge is 0.132 e. The normalized spacial score (nSPS) is 13.1. The number of benzene rings is 2. The van der Waals surface area contributed by atoms with Crippen molar-refractivity contribution >= 4 is 0 Å². The van der Waals surface area contributed by atoms with Crippen LogP contribution in [0.3, 0.4) is 0 Å². The molecule has 1 aliphatic heterocycles. The second kappa shape index (κ2) is 9.35. The van der Waals surface area contributed by atoms with E-state index >= 15 is 0 Å². The second-order valence-electron chi connectivity index (χ2n) is 8.06. The van der Waals surface area contributed by atoms with Gasteiger partial charge in [-0.05, 0) is 35.4 Å². The lowest BCUT2D eigenvalue weighted by Gasteiger charge is -2.38. The molecule has 4 aromatic rings. The standard InChI is InChI=1S/C23H14N2O.2C3H8/c1-3-11-19-15(7-1)23(16-8-2-4-12-20(16)26-19)17-9-5-13-24-21(17)22-18(23)10-6-14-25-22;2*1-3-2/h1-14H;2*3H2,1-2H3. The van der Waals surface area contributed by atoms with Crippen LogP contribution < -0.4 is 4.74 Å². The van der Waals surface area contributed by atoms with Crippen LogP contribution in [0.1, 0.15) is 62.8 Å². The number of nitrogens with zero attached hydrogens (tertiary/aromatic N) is 2. The first-order valence-corrected chi connectivity index (χ1v) is 11.5. The maximum Gasteiger partial charge on any atom is 0.132 e. The fourth-order valence-electron chi connectivity index (χ4n) is 4.51. The molecule has 0 radical (unpaired) electrons. The topological polar surface area (TPSA) is 35.0 Å². The number of pyridine rings is 2.